The lowest BCUT2D eigenvalue weighted by atomic mass is 10.1. The van der Waals surface area contributed by atoms with E-state index in [1.165, 1.54) is 17.7 Å². The van der Waals surface area contributed by atoms with Crippen LogP contribution in [0.3, 0.4) is 0 Å². The minimum Gasteiger partial charge on any atom is -0.336 e. The van der Waals surface area contributed by atoms with Crippen LogP contribution >= 0.6 is 0 Å². The van der Waals surface area contributed by atoms with E-state index in [2.05, 4.69) is 33.9 Å². The molecule has 0 aromatic heterocycles. The zero-order chi connectivity index (χ0) is 22.5. The molecular weight excluding hydrogens is 410 g/mol. The topological polar surface area (TPSA) is 69.7 Å². The number of nitrogens with one attached hydrogen (secondary N) is 1. The predicted octanol–water partition coefficient (Wildman–Crippen LogP) is 3.23. The number of piperazine rings is 1. The Labute approximate surface area is 185 Å². The molecule has 0 radical (unpaired) electrons. The van der Waals surface area contributed by atoms with Crippen molar-refractivity contribution in [2.75, 3.05) is 32.7 Å². The van der Waals surface area contributed by atoms with E-state index in [1.807, 2.05) is 23.1 Å². The monoisotopic (exact) mass is 441 g/mol. The second kappa shape index (κ2) is 9.77. The van der Waals surface area contributed by atoms with Crippen molar-refractivity contribution in [3.8, 4) is 0 Å². The number of hydrogen-bond donors (Lipinski definition) is 1. The van der Waals surface area contributed by atoms with Crippen LogP contribution in [0.25, 0.3) is 6.08 Å². The highest BCUT2D eigenvalue weighted by Gasteiger charge is 2.24. The van der Waals surface area contributed by atoms with Gasteiger partial charge in [0.15, 0.2) is 0 Å². The molecule has 0 atom stereocenters. The molecule has 1 N–H and O–H groups in total. The van der Waals surface area contributed by atoms with Crippen molar-refractivity contribution in [3.63, 3.8) is 0 Å². The Morgan fingerprint density at radius 2 is 1.58 bits per heavy atom. The second-order valence-electron chi connectivity index (χ2n) is 8.79. The molecule has 1 aliphatic rings. The molecule has 0 aliphatic carbocycles. The van der Waals surface area contributed by atoms with E-state index in [0.717, 1.165) is 19.6 Å². The van der Waals surface area contributed by atoms with Gasteiger partial charge in [-0.25, -0.2) is 13.1 Å². The lowest BCUT2D eigenvalue weighted by Gasteiger charge is -2.34. The third-order valence-electron chi connectivity index (χ3n) is 4.99. The molecule has 7 heteroatoms. The molecule has 3 rings (SSSR count). The van der Waals surface area contributed by atoms with E-state index in [1.54, 1.807) is 32.9 Å². The van der Waals surface area contributed by atoms with Crippen LogP contribution in [0.4, 0.5) is 0 Å². The average Bonchev–Trinajstić information content (AvgIpc) is 2.73. The Morgan fingerprint density at radius 1 is 0.968 bits per heavy atom. The molecule has 2 aromatic carbocycles. The summed E-state index contributed by atoms with van der Waals surface area (Å²) in [6.45, 7) is 9.16. The first-order chi connectivity index (χ1) is 14.6. The Balaban J connectivity index is 1.53. The zero-order valence-electron chi connectivity index (χ0n) is 18.4. The Bertz CT molecular complexity index is 1000. The van der Waals surface area contributed by atoms with Gasteiger partial charge in [-0.05, 0) is 50.6 Å². The van der Waals surface area contributed by atoms with Crippen LogP contribution < -0.4 is 4.72 Å². The van der Waals surface area contributed by atoms with E-state index >= 15 is 0 Å². The number of benzene rings is 2. The second-order valence-corrected chi connectivity index (χ2v) is 10.5. The Kier molecular flexibility index (Phi) is 7.30. The standard InChI is InChI=1S/C24H31N3O3S/c1-24(2,3)25-31(29,30)22-13-11-21(12-14-22)23(28)27-18-16-26(17-19-27)15-7-10-20-8-5-4-6-9-20/h4-14,25H,15-19H2,1-3H3/b10-7+. The summed E-state index contributed by atoms with van der Waals surface area (Å²) in [5.41, 5.74) is 1.12. The maximum atomic E-state index is 12.8. The first-order valence-corrected chi connectivity index (χ1v) is 12.0. The van der Waals surface area contributed by atoms with E-state index in [4.69, 9.17) is 0 Å². The smallest absolute Gasteiger partial charge is 0.253 e. The molecule has 6 nitrogen and oxygen atoms in total. The molecule has 166 valence electrons. The highest BCUT2D eigenvalue weighted by molar-refractivity contribution is 7.89. The van der Waals surface area contributed by atoms with Crippen LogP contribution in [-0.4, -0.2) is 62.4 Å². The molecule has 1 heterocycles. The van der Waals surface area contributed by atoms with E-state index in [0.29, 0.717) is 18.7 Å². The van der Waals surface area contributed by atoms with Crippen molar-refractivity contribution in [2.45, 2.75) is 31.2 Å². The van der Waals surface area contributed by atoms with E-state index in [9.17, 15) is 13.2 Å². The third-order valence-corrected chi connectivity index (χ3v) is 6.76. The highest BCUT2D eigenvalue weighted by Crippen LogP contribution is 2.16. The van der Waals surface area contributed by atoms with Crippen molar-refractivity contribution in [1.82, 2.24) is 14.5 Å². The summed E-state index contributed by atoms with van der Waals surface area (Å²) in [6, 6.07) is 16.4. The molecule has 0 unspecified atom stereocenters. The van der Waals surface area contributed by atoms with Crippen LogP contribution in [0.5, 0.6) is 0 Å². The normalized spacial score (nSPS) is 16.0. The SMILES string of the molecule is CC(C)(C)NS(=O)(=O)c1ccc(C(=O)N2CCN(C/C=C/c3ccccc3)CC2)cc1. The van der Waals surface area contributed by atoms with Crippen LogP contribution in [0, 0.1) is 0 Å². The number of hydrogen-bond acceptors (Lipinski definition) is 4. The number of carbonyl (C=O) groups excluding carboxylic acids is 1. The fourth-order valence-electron chi connectivity index (χ4n) is 3.46. The van der Waals surface area contributed by atoms with Crippen LogP contribution in [-0.2, 0) is 10.0 Å². The number of carbonyl (C=O) groups is 1. The summed E-state index contributed by atoms with van der Waals surface area (Å²) in [6.07, 6.45) is 4.26. The van der Waals surface area contributed by atoms with Gasteiger partial charge in [0.1, 0.15) is 0 Å². The van der Waals surface area contributed by atoms with Crippen LogP contribution in [0.2, 0.25) is 0 Å². The van der Waals surface area contributed by atoms with Crippen molar-refractivity contribution < 1.29 is 13.2 Å². The molecule has 0 bridgehead atoms. The van der Waals surface area contributed by atoms with Crippen molar-refractivity contribution in [1.29, 1.82) is 0 Å². The van der Waals surface area contributed by atoms with Gasteiger partial charge in [0.2, 0.25) is 10.0 Å². The summed E-state index contributed by atoms with van der Waals surface area (Å²) in [5, 5.41) is 0. The molecule has 1 aliphatic heterocycles. The minimum atomic E-state index is -3.61. The largest absolute Gasteiger partial charge is 0.336 e. The summed E-state index contributed by atoms with van der Waals surface area (Å²) in [4.78, 5) is 17.1. The van der Waals surface area contributed by atoms with Gasteiger partial charge in [0.05, 0.1) is 4.90 Å². The molecule has 2 aromatic rings. The summed E-state index contributed by atoms with van der Waals surface area (Å²) in [5.74, 6) is -0.0628. The van der Waals surface area contributed by atoms with Crippen molar-refractivity contribution in [3.05, 3.63) is 71.8 Å². The summed E-state index contributed by atoms with van der Waals surface area (Å²) < 4.78 is 27.5. The third kappa shape index (κ3) is 6.75. The maximum Gasteiger partial charge on any atom is 0.253 e. The maximum absolute atomic E-state index is 12.8. The average molecular weight is 442 g/mol. The Morgan fingerprint density at radius 3 is 2.16 bits per heavy atom. The fourth-order valence-corrected chi connectivity index (χ4v) is 4.88. The lowest BCUT2D eigenvalue weighted by molar-refractivity contribution is 0.0650. The molecule has 0 spiro atoms. The van der Waals surface area contributed by atoms with Gasteiger partial charge in [-0.15, -0.1) is 0 Å². The number of rotatable bonds is 6. The van der Waals surface area contributed by atoms with Gasteiger partial charge in [-0.1, -0.05) is 42.5 Å². The lowest BCUT2D eigenvalue weighted by Crippen LogP contribution is -2.48. The number of nitrogens with zero attached hydrogens (tertiary/aromatic N) is 2. The van der Waals surface area contributed by atoms with Gasteiger partial charge in [-0.2, -0.15) is 0 Å². The van der Waals surface area contributed by atoms with E-state index < -0.39 is 15.6 Å². The van der Waals surface area contributed by atoms with Gasteiger partial charge >= 0.3 is 0 Å². The zero-order valence-corrected chi connectivity index (χ0v) is 19.2. The molecule has 0 saturated carbocycles. The van der Waals surface area contributed by atoms with E-state index in [-0.39, 0.29) is 10.8 Å². The van der Waals surface area contributed by atoms with Crippen molar-refractivity contribution >= 4 is 22.0 Å². The highest BCUT2D eigenvalue weighted by atomic mass is 32.2. The number of sulfonamides is 1. The first kappa shape index (κ1) is 23.2. The number of amides is 1. The van der Waals surface area contributed by atoms with Crippen molar-refractivity contribution in [2.24, 2.45) is 0 Å². The fraction of sp³-hybridized carbons (Fsp3) is 0.375. The quantitative estimate of drug-likeness (QED) is 0.747. The van der Waals surface area contributed by atoms with Gasteiger partial charge < -0.3 is 4.90 Å². The van der Waals surface area contributed by atoms with Crippen LogP contribution in [0.1, 0.15) is 36.7 Å². The molecule has 1 amide bonds. The Hall–Kier alpha value is -2.48. The molecular formula is C24H31N3O3S. The summed E-state index contributed by atoms with van der Waals surface area (Å²) in [7, 11) is -3.61. The summed E-state index contributed by atoms with van der Waals surface area (Å²) >= 11 is 0. The molecule has 1 saturated heterocycles. The van der Waals surface area contributed by atoms with Gasteiger partial charge in [-0.3, -0.25) is 9.69 Å². The molecule has 31 heavy (non-hydrogen) atoms. The van der Waals surface area contributed by atoms with Gasteiger partial charge in [0, 0.05) is 43.8 Å². The first-order valence-electron chi connectivity index (χ1n) is 10.5. The predicted molar refractivity (Wildman–Crippen MR) is 124 cm³/mol. The van der Waals surface area contributed by atoms with Gasteiger partial charge in [0.25, 0.3) is 5.91 Å². The van der Waals surface area contributed by atoms with Crippen LogP contribution in [0.15, 0.2) is 65.6 Å². The minimum absolute atomic E-state index is 0.0628. The molecule has 1 fully saturated rings.